The fourth-order valence-electron chi connectivity index (χ4n) is 2.97. The van der Waals surface area contributed by atoms with Crippen molar-refractivity contribution in [3.8, 4) is 0 Å². The Hall–Kier alpha value is -4.03. The minimum atomic E-state index is -4.03. The maximum absolute atomic E-state index is 12.4. The summed E-state index contributed by atoms with van der Waals surface area (Å²) in [6.07, 6.45) is 3.28. The fourth-order valence-corrected chi connectivity index (χ4v) is 3.88. The van der Waals surface area contributed by atoms with Gasteiger partial charge in [-0.25, -0.2) is 0 Å². The number of fused-ring (bicyclic) bond motifs is 1. The van der Waals surface area contributed by atoms with Gasteiger partial charge in [-0.15, -0.1) is 0 Å². The van der Waals surface area contributed by atoms with Gasteiger partial charge in [-0.1, -0.05) is 0 Å². The van der Waals surface area contributed by atoms with E-state index in [9.17, 15) is 18.0 Å². The molecule has 4 rings (SSSR count). The second kappa shape index (κ2) is 8.61. The highest BCUT2D eigenvalue weighted by Gasteiger charge is 2.17. The zero-order valence-electron chi connectivity index (χ0n) is 16.5. The molecule has 0 aliphatic heterocycles. The monoisotopic (exact) mass is 454 g/mol. The topological polar surface area (TPSA) is 173 Å². The first-order chi connectivity index (χ1) is 15.3. The number of carbonyl (C=O) groups excluding carboxylic acids is 1. The zero-order valence-corrected chi connectivity index (χ0v) is 17.3. The van der Waals surface area contributed by atoms with Crippen LogP contribution in [0.3, 0.4) is 0 Å². The molecule has 0 unspecified atom stereocenters. The first-order valence-corrected chi connectivity index (χ1v) is 10.8. The van der Waals surface area contributed by atoms with Crippen molar-refractivity contribution in [2.45, 2.75) is 11.3 Å². The van der Waals surface area contributed by atoms with Gasteiger partial charge in [-0.2, -0.15) is 13.4 Å². The van der Waals surface area contributed by atoms with Crippen molar-refractivity contribution in [2.75, 3.05) is 17.7 Å². The average molecular weight is 454 g/mol. The summed E-state index contributed by atoms with van der Waals surface area (Å²) in [4.78, 5) is 37.2. The number of benzene rings is 1. The van der Waals surface area contributed by atoms with Gasteiger partial charge in [-0.3, -0.25) is 23.7 Å². The molecule has 0 aliphatic carbocycles. The van der Waals surface area contributed by atoms with E-state index in [4.69, 9.17) is 9.92 Å². The summed E-state index contributed by atoms with van der Waals surface area (Å²) < 4.78 is 30.0. The first-order valence-electron chi connectivity index (χ1n) is 9.40. The Kier molecular flexibility index (Phi) is 5.71. The van der Waals surface area contributed by atoms with Crippen LogP contribution in [0.5, 0.6) is 0 Å². The van der Waals surface area contributed by atoms with Gasteiger partial charge in [0.2, 0.25) is 5.95 Å². The average Bonchev–Trinajstić information content (AvgIpc) is 3.17. The molecule has 5 N–H and O–H groups in total. The number of hydrogen-bond acceptors (Lipinski definition) is 8. The SMILES string of the molecule is Nc1nc2[nH]c(CCOS(=O)(=O)c3ccc(C(=O)Nc4ccncc4)cc3)cc2c(=O)[nH]1. The highest BCUT2D eigenvalue weighted by atomic mass is 32.2. The summed E-state index contributed by atoms with van der Waals surface area (Å²) in [5, 5.41) is 3.00. The van der Waals surface area contributed by atoms with Crippen LogP contribution in [0.1, 0.15) is 16.1 Å². The number of nitrogens with two attached hydrogens (primary N) is 1. The lowest BCUT2D eigenvalue weighted by atomic mass is 10.2. The van der Waals surface area contributed by atoms with Crippen LogP contribution < -0.4 is 16.6 Å². The number of H-pyrrole nitrogens is 2. The predicted molar refractivity (Wildman–Crippen MR) is 117 cm³/mol. The number of pyridine rings is 1. The van der Waals surface area contributed by atoms with Gasteiger partial charge in [0, 0.05) is 35.8 Å². The summed E-state index contributed by atoms with van der Waals surface area (Å²) in [7, 11) is -4.03. The molecule has 12 heteroatoms. The van der Waals surface area contributed by atoms with E-state index in [1.807, 2.05) is 0 Å². The van der Waals surface area contributed by atoms with Crippen LogP contribution >= 0.6 is 0 Å². The van der Waals surface area contributed by atoms with E-state index >= 15 is 0 Å². The molecule has 1 aromatic carbocycles. The summed E-state index contributed by atoms with van der Waals surface area (Å²) in [5.41, 5.74) is 6.85. The molecule has 0 fully saturated rings. The van der Waals surface area contributed by atoms with E-state index in [-0.39, 0.29) is 35.3 Å². The van der Waals surface area contributed by atoms with Crippen LogP contribution in [0.15, 0.2) is 64.5 Å². The highest BCUT2D eigenvalue weighted by Crippen LogP contribution is 2.16. The molecule has 4 aromatic rings. The van der Waals surface area contributed by atoms with E-state index in [1.54, 1.807) is 30.6 Å². The van der Waals surface area contributed by atoms with Crippen LogP contribution in [0, 0.1) is 0 Å². The van der Waals surface area contributed by atoms with Crippen LogP contribution in [0.2, 0.25) is 0 Å². The Morgan fingerprint density at radius 1 is 1.09 bits per heavy atom. The number of rotatable bonds is 7. The Morgan fingerprint density at radius 3 is 2.53 bits per heavy atom. The molecule has 0 aliphatic rings. The normalized spacial score (nSPS) is 11.5. The van der Waals surface area contributed by atoms with Crippen molar-refractivity contribution >= 4 is 38.7 Å². The third kappa shape index (κ3) is 4.66. The van der Waals surface area contributed by atoms with Crippen molar-refractivity contribution in [1.29, 1.82) is 0 Å². The molecule has 0 bridgehead atoms. The Morgan fingerprint density at radius 2 is 1.81 bits per heavy atom. The third-order valence-electron chi connectivity index (χ3n) is 4.52. The van der Waals surface area contributed by atoms with Crippen LogP contribution in [-0.4, -0.2) is 40.9 Å². The van der Waals surface area contributed by atoms with Crippen molar-refractivity contribution in [1.82, 2.24) is 19.9 Å². The summed E-state index contributed by atoms with van der Waals surface area (Å²) in [5.74, 6) is -0.406. The van der Waals surface area contributed by atoms with Gasteiger partial charge in [0.05, 0.1) is 16.9 Å². The molecule has 0 atom stereocenters. The lowest BCUT2D eigenvalue weighted by Gasteiger charge is -2.07. The lowest BCUT2D eigenvalue weighted by molar-refractivity contribution is 0.102. The molecule has 0 saturated heterocycles. The minimum Gasteiger partial charge on any atom is -0.369 e. The van der Waals surface area contributed by atoms with Gasteiger partial charge in [-0.05, 0) is 42.5 Å². The number of nitrogen functional groups attached to an aromatic ring is 1. The number of anilines is 2. The van der Waals surface area contributed by atoms with E-state index in [0.29, 0.717) is 22.4 Å². The standard InChI is InChI=1S/C20H18N6O5S/c21-20-25-17-16(19(28)26-20)11-14(23-17)7-10-31-32(29,30)15-3-1-12(2-4-15)18(27)24-13-5-8-22-9-6-13/h1-6,8-9,11H,7,10H2,(H,22,24,27)(H4,21,23,25,26,28). The number of amides is 1. The highest BCUT2D eigenvalue weighted by molar-refractivity contribution is 7.86. The number of aromatic amines is 2. The third-order valence-corrected chi connectivity index (χ3v) is 5.85. The summed E-state index contributed by atoms with van der Waals surface area (Å²) in [6.45, 7) is -0.160. The van der Waals surface area contributed by atoms with Gasteiger partial charge < -0.3 is 16.0 Å². The molecular weight excluding hydrogens is 436 g/mol. The maximum Gasteiger partial charge on any atom is 0.296 e. The molecule has 1 amide bonds. The van der Waals surface area contributed by atoms with E-state index in [1.165, 1.54) is 24.3 Å². The molecule has 32 heavy (non-hydrogen) atoms. The van der Waals surface area contributed by atoms with Crippen LogP contribution in [-0.2, 0) is 20.7 Å². The fraction of sp³-hybridized carbons (Fsp3) is 0.100. The second-order valence-corrected chi connectivity index (χ2v) is 8.36. The van der Waals surface area contributed by atoms with Gasteiger partial charge in [0.25, 0.3) is 21.6 Å². The lowest BCUT2D eigenvalue weighted by Crippen LogP contribution is -2.13. The smallest absolute Gasteiger partial charge is 0.296 e. The van der Waals surface area contributed by atoms with Gasteiger partial charge >= 0.3 is 0 Å². The molecule has 0 saturated carbocycles. The molecule has 164 valence electrons. The molecule has 11 nitrogen and oxygen atoms in total. The Labute approximate surface area is 181 Å². The Bertz CT molecular complexity index is 1430. The van der Waals surface area contributed by atoms with Crippen molar-refractivity contribution < 1.29 is 17.4 Å². The van der Waals surface area contributed by atoms with Crippen LogP contribution in [0.4, 0.5) is 11.6 Å². The largest absolute Gasteiger partial charge is 0.369 e. The maximum atomic E-state index is 12.4. The van der Waals surface area contributed by atoms with E-state index in [0.717, 1.165) is 0 Å². The van der Waals surface area contributed by atoms with Crippen molar-refractivity contribution in [3.63, 3.8) is 0 Å². The molecular formula is C20H18N6O5S. The molecule has 3 aromatic heterocycles. The van der Waals surface area contributed by atoms with Gasteiger partial charge in [0.15, 0.2) is 0 Å². The van der Waals surface area contributed by atoms with Crippen molar-refractivity contribution in [3.05, 3.63) is 76.5 Å². The molecule has 0 spiro atoms. The van der Waals surface area contributed by atoms with Crippen LogP contribution in [0.25, 0.3) is 11.0 Å². The molecule has 3 heterocycles. The first kappa shape index (κ1) is 21.2. The number of carbonyl (C=O) groups is 1. The number of aromatic nitrogens is 4. The second-order valence-electron chi connectivity index (χ2n) is 6.75. The van der Waals surface area contributed by atoms with Crippen molar-refractivity contribution in [2.24, 2.45) is 0 Å². The summed E-state index contributed by atoms with van der Waals surface area (Å²) in [6, 6.07) is 10.2. The Balaban J connectivity index is 1.38. The number of nitrogens with one attached hydrogen (secondary N) is 3. The van der Waals surface area contributed by atoms with Gasteiger partial charge in [0.1, 0.15) is 5.65 Å². The van der Waals surface area contributed by atoms with E-state index in [2.05, 4.69) is 25.3 Å². The molecule has 0 radical (unpaired) electrons. The zero-order chi connectivity index (χ0) is 22.7. The predicted octanol–water partition coefficient (Wildman–Crippen LogP) is 1.43. The number of hydrogen-bond donors (Lipinski definition) is 4. The summed E-state index contributed by atoms with van der Waals surface area (Å²) >= 11 is 0. The number of nitrogens with zero attached hydrogens (tertiary/aromatic N) is 2. The quantitative estimate of drug-likeness (QED) is 0.303. The van der Waals surface area contributed by atoms with E-state index < -0.39 is 15.7 Å². The minimum absolute atomic E-state index is 0.0207.